The molecule has 2 aliphatic heterocycles. The van der Waals surface area contributed by atoms with Crippen molar-refractivity contribution in [1.82, 2.24) is 9.80 Å². The predicted octanol–water partition coefficient (Wildman–Crippen LogP) is 2.46. The second-order valence-corrected chi connectivity index (χ2v) is 7.31. The zero-order valence-electron chi connectivity index (χ0n) is 13.5. The molecule has 0 bridgehead atoms. The molecule has 0 aromatic rings. The van der Waals surface area contributed by atoms with Crippen molar-refractivity contribution in [1.29, 1.82) is 0 Å². The molecule has 2 saturated heterocycles. The summed E-state index contributed by atoms with van der Waals surface area (Å²) < 4.78 is 5.81. The van der Waals surface area contributed by atoms with E-state index in [1.807, 2.05) is 0 Å². The first-order valence-electron chi connectivity index (χ1n) is 7.87. The Bertz CT molecular complexity index is 366. The van der Waals surface area contributed by atoms with E-state index in [4.69, 9.17) is 11.3 Å². The van der Waals surface area contributed by atoms with E-state index in [0.29, 0.717) is 6.61 Å². The summed E-state index contributed by atoms with van der Waals surface area (Å²) in [5.74, 6) is 0.721. The molecule has 0 radical (unpaired) electrons. The smallest absolute Gasteiger partial charge is 0.293 e. The van der Waals surface area contributed by atoms with Crippen LogP contribution in [0.2, 0.25) is 0 Å². The van der Waals surface area contributed by atoms with Gasteiger partial charge in [-0.3, -0.25) is 4.85 Å². The van der Waals surface area contributed by atoms with Crippen LogP contribution in [-0.2, 0) is 4.74 Å². The minimum absolute atomic E-state index is 0.169. The largest absolute Gasteiger partial charge is 0.375 e. The minimum Gasteiger partial charge on any atom is -0.375 e. The van der Waals surface area contributed by atoms with Gasteiger partial charge in [0.2, 0.25) is 0 Å². The molecule has 2 rings (SSSR count). The fraction of sp³-hybridized carbons (Fsp3) is 0.938. The molecule has 0 aromatic heterocycles. The Morgan fingerprint density at radius 1 is 1.20 bits per heavy atom. The minimum atomic E-state index is -0.328. The molecule has 4 heteroatoms. The molecular formula is C16H29N3O. The Kier molecular flexibility index (Phi) is 4.73. The van der Waals surface area contributed by atoms with E-state index in [-0.39, 0.29) is 11.3 Å². The fourth-order valence-electron chi connectivity index (χ4n) is 3.61. The van der Waals surface area contributed by atoms with Crippen molar-refractivity contribution in [2.45, 2.75) is 51.8 Å². The molecule has 4 nitrogen and oxygen atoms in total. The van der Waals surface area contributed by atoms with Crippen LogP contribution in [0.1, 0.15) is 40.5 Å². The third kappa shape index (κ3) is 3.52. The van der Waals surface area contributed by atoms with Gasteiger partial charge in [-0.25, -0.2) is 11.5 Å². The van der Waals surface area contributed by atoms with E-state index in [9.17, 15) is 0 Å². The van der Waals surface area contributed by atoms with Crippen LogP contribution in [0.3, 0.4) is 0 Å². The van der Waals surface area contributed by atoms with Gasteiger partial charge in [0, 0.05) is 32.7 Å². The zero-order valence-corrected chi connectivity index (χ0v) is 13.5. The van der Waals surface area contributed by atoms with Gasteiger partial charge in [0.1, 0.15) is 0 Å². The number of nitrogens with zero attached hydrogens (tertiary/aromatic N) is 3. The van der Waals surface area contributed by atoms with Crippen molar-refractivity contribution in [2.24, 2.45) is 5.92 Å². The van der Waals surface area contributed by atoms with E-state index >= 15 is 0 Å². The predicted molar refractivity (Wildman–Crippen MR) is 81.4 cm³/mol. The second-order valence-electron chi connectivity index (χ2n) is 7.31. The van der Waals surface area contributed by atoms with Gasteiger partial charge in [0.05, 0.1) is 25.0 Å². The van der Waals surface area contributed by atoms with Gasteiger partial charge in [-0.05, 0) is 19.8 Å². The lowest BCUT2D eigenvalue weighted by Crippen LogP contribution is -2.60. The number of hydrogen-bond donors (Lipinski definition) is 0. The molecule has 0 aliphatic carbocycles. The third-order valence-electron chi connectivity index (χ3n) is 4.50. The first-order chi connectivity index (χ1) is 9.37. The highest BCUT2D eigenvalue weighted by Crippen LogP contribution is 2.38. The molecule has 114 valence electrons. The molecule has 2 heterocycles. The molecule has 0 spiro atoms. The number of rotatable bonds is 3. The Hall–Kier alpha value is -0.630. The molecule has 0 aromatic carbocycles. The summed E-state index contributed by atoms with van der Waals surface area (Å²) in [5, 5.41) is 0. The highest BCUT2D eigenvalue weighted by atomic mass is 16.5. The van der Waals surface area contributed by atoms with Gasteiger partial charge in [-0.1, -0.05) is 13.8 Å². The molecule has 2 aliphatic rings. The Balaban J connectivity index is 1.99. The summed E-state index contributed by atoms with van der Waals surface area (Å²) in [4.78, 5) is 9.01. The zero-order chi connectivity index (χ0) is 14.8. The first kappa shape index (κ1) is 15.8. The topological polar surface area (TPSA) is 20.1 Å². The molecule has 0 saturated carbocycles. The van der Waals surface area contributed by atoms with Gasteiger partial charge >= 0.3 is 0 Å². The van der Waals surface area contributed by atoms with Crippen LogP contribution in [0.5, 0.6) is 0 Å². The summed E-state index contributed by atoms with van der Waals surface area (Å²) in [5.41, 5.74) is -0.496. The van der Waals surface area contributed by atoms with E-state index in [1.54, 1.807) is 0 Å². The van der Waals surface area contributed by atoms with E-state index in [0.717, 1.165) is 44.9 Å². The Labute approximate surface area is 123 Å². The van der Waals surface area contributed by atoms with Crippen LogP contribution in [0.25, 0.3) is 4.85 Å². The summed E-state index contributed by atoms with van der Waals surface area (Å²) in [6.45, 7) is 22.6. The lowest BCUT2D eigenvalue weighted by molar-refractivity contribution is -0.112. The van der Waals surface area contributed by atoms with Crippen molar-refractivity contribution >= 4 is 0 Å². The Morgan fingerprint density at radius 2 is 1.85 bits per heavy atom. The average Bonchev–Trinajstić information content (AvgIpc) is 2.37. The lowest BCUT2D eigenvalue weighted by atomic mass is 9.87. The van der Waals surface area contributed by atoms with Crippen molar-refractivity contribution in [2.75, 3.05) is 39.3 Å². The maximum absolute atomic E-state index is 7.74. The van der Waals surface area contributed by atoms with Crippen LogP contribution in [0.15, 0.2) is 0 Å². The van der Waals surface area contributed by atoms with Gasteiger partial charge in [-0.15, -0.1) is 0 Å². The van der Waals surface area contributed by atoms with Gasteiger partial charge in [-0.2, -0.15) is 0 Å². The van der Waals surface area contributed by atoms with E-state index in [2.05, 4.69) is 42.3 Å². The summed E-state index contributed by atoms with van der Waals surface area (Å²) in [6, 6.07) is 0. The molecule has 20 heavy (non-hydrogen) atoms. The van der Waals surface area contributed by atoms with Crippen LogP contribution in [-0.4, -0.2) is 60.4 Å². The van der Waals surface area contributed by atoms with Crippen molar-refractivity contribution in [3.05, 3.63) is 11.4 Å². The number of hydrogen-bond acceptors (Lipinski definition) is 3. The molecular weight excluding hydrogens is 250 g/mol. The number of piperazine rings is 1. The van der Waals surface area contributed by atoms with Crippen LogP contribution < -0.4 is 0 Å². The normalized spacial score (nSPS) is 32.2. The second kappa shape index (κ2) is 6.01. The van der Waals surface area contributed by atoms with Crippen LogP contribution in [0, 0.1) is 12.5 Å². The highest BCUT2D eigenvalue weighted by molar-refractivity contribution is 5.05. The van der Waals surface area contributed by atoms with Gasteiger partial charge in [0.25, 0.3) is 5.66 Å². The van der Waals surface area contributed by atoms with Gasteiger partial charge in [0.15, 0.2) is 0 Å². The fourth-order valence-corrected chi connectivity index (χ4v) is 3.61. The molecule has 0 amide bonds. The maximum atomic E-state index is 7.74. The standard InChI is InChI=1S/C16H29N3O/c1-14(2)12-18-7-9-19(10-8-18)16(17-5)6-11-20-15(3,4)13-16/h14H,6-13H2,1-4H3. The van der Waals surface area contributed by atoms with E-state index < -0.39 is 0 Å². The van der Waals surface area contributed by atoms with E-state index in [1.165, 1.54) is 6.54 Å². The Morgan fingerprint density at radius 3 is 2.35 bits per heavy atom. The monoisotopic (exact) mass is 279 g/mol. The first-order valence-corrected chi connectivity index (χ1v) is 7.87. The molecule has 1 atom stereocenters. The summed E-state index contributed by atoms with van der Waals surface area (Å²) >= 11 is 0. The van der Waals surface area contributed by atoms with Gasteiger partial charge < -0.3 is 9.64 Å². The maximum Gasteiger partial charge on any atom is 0.293 e. The van der Waals surface area contributed by atoms with Crippen molar-refractivity contribution in [3.63, 3.8) is 0 Å². The van der Waals surface area contributed by atoms with Crippen LogP contribution in [0.4, 0.5) is 0 Å². The SMILES string of the molecule is [C-]#[N+]C1(N2CCN(CC(C)C)CC2)CCOC(C)(C)C1. The van der Waals surface area contributed by atoms with Crippen LogP contribution >= 0.6 is 0 Å². The molecule has 1 unspecified atom stereocenters. The molecule has 2 fully saturated rings. The third-order valence-corrected chi connectivity index (χ3v) is 4.50. The van der Waals surface area contributed by atoms with Crippen molar-refractivity contribution < 1.29 is 4.74 Å². The quantitative estimate of drug-likeness (QED) is 0.740. The molecule has 0 N–H and O–H groups in total. The summed E-state index contributed by atoms with van der Waals surface area (Å²) in [7, 11) is 0. The highest BCUT2D eigenvalue weighted by Gasteiger charge is 2.51. The van der Waals surface area contributed by atoms with Crippen molar-refractivity contribution in [3.8, 4) is 0 Å². The average molecular weight is 279 g/mol. The summed E-state index contributed by atoms with van der Waals surface area (Å²) in [6.07, 6.45) is 1.68. The lowest BCUT2D eigenvalue weighted by Gasteiger charge is -2.45. The number of ether oxygens (including phenoxy) is 1.